The second kappa shape index (κ2) is 7.37. The van der Waals surface area contributed by atoms with Gasteiger partial charge in [0.1, 0.15) is 17.3 Å². The molecule has 1 atom stereocenters. The van der Waals surface area contributed by atoms with Crippen molar-refractivity contribution in [1.29, 1.82) is 0 Å². The van der Waals surface area contributed by atoms with Crippen LogP contribution in [-0.4, -0.2) is 34.6 Å². The molecule has 2 heterocycles. The van der Waals surface area contributed by atoms with E-state index in [1.54, 1.807) is 18.2 Å². The molecule has 0 aliphatic carbocycles. The number of nitrogens with zero attached hydrogens (tertiary/aromatic N) is 1. The van der Waals surface area contributed by atoms with Gasteiger partial charge in [-0.1, -0.05) is 18.2 Å². The molecule has 1 aromatic heterocycles. The van der Waals surface area contributed by atoms with Crippen LogP contribution < -0.4 is 5.32 Å². The Kier molecular flexibility index (Phi) is 5.20. The van der Waals surface area contributed by atoms with Gasteiger partial charge in [0, 0.05) is 25.2 Å². The third kappa shape index (κ3) is 4.08. The molecule has 0 saturated carbocycles. The van der Waals surface area contributed by atoms with Crippen LogP contribution in [0.25, 0.3) is 0 Å². The van der Waals surface area contributed by atoms with E-state index in [-0.39, 0.29) is 24.8 Å². The molecule has 1 unspecified atom stereocenters. The van der Waals surface area contributed by atoms with Gasteiger partial charge in [0.2, 0.25) is 0 Å². The Balaban J connectivity index is 1.61. The van der Waals surface area contributed by atoms with Crippen molar-refractivity contribution < 1.29 is 18.7 Å². The molecule has 2 aromatic rings. The maximum absolute atomic E-state index is 13.8. The molecule has 25 heavy (non-hydrogen) atoms. The number of likely N-dealkylation sites (tertiary alicyclic amines) is 1. The van der Waals surface area contributed by atoms with Gasteiger partial charge >= 0.3 is 0 Å². The first-order chi connectivity index (χ1) is 12.0. The molecular weight excluding hydrogens is 323 g/mol. The quantitative estimate of drug-likeness (QED) is 0.843. The van der Waals surface area contributed by atoms with Crippen LogP contribution in [0.2, 0.25) is 0 Å². The summed E-state index contributed by atoms with van der Waals surface area (Å²) in [6.45, 7) is 3.14. The minimum Gasteiger partial charge on any atom is -0.465 e. The normalized spacial score (nSPS) is 20.9. The molecule has 1 saturated heterocycles. The summed E-state index contributed by atoms with van der Waals surface area (Å²) in [4.78, 5) is 14.2. The Morgan fingerprint density at radius 1 is 1.32 bits per heavy atom. The van der Waals surface area contributed by atoms with Crippen molar-refractivity contribution in [3.8, 4) is 0 Å². The van der Waals surface area contributed by atoms with E-state index in [4.69, 9.17) is 4.42 Å². The van der Waals surface area contributed by atoms with Crippen LogP contribution in [0.5, 0.6) is 0 Å². The molecule has 6 heteroatoms. The molecule has 2 N–H and O–H groups in total. The number of rotatable bonds is 6. The highest BCUT2D eigenvalue weighted by molar-refractivity contribution is 5.86. The number of aliphatic hydroxyl groups is 1. The predicted molar refractivity (Wildman–Crippen MR) is 91.2 cm³/mol. The predicted octanol–water partition coefficient (Wildman–Crippen LogP) is 2.37. The van der Waals surface area contributed by atoms with E-state index >= 15 is 0 Å². The van der Waals surface area contributed by atoms with Crippen molar-refractivity contribution in [2.45, 2.75) is 38.5 Å². The lowest BCUT2D eigenvalue weighted by Gasteiger charge is -2.38. The first-order valence-electron chi connectivity index (χ1n) is 8.49. The number of carbonyl (C=O) groups is 1. The zero-order chi connectivity index (χ0) is 17.9. The largest absolute Gasteiger partial charge is 0.465 e. The third-order valence-corrected chi connectivity index (χ3v) is 4.54. The lowest BCUT2D eigenvalue weighted by atomic mass is 9.91. The molecule has 1 fully saturated rings. The minimum atomic E-state index is -1.47. The summed E-state index contributed by atoms with van der Waals surface area (Å²) in [6, 6.07) is 10.1. The minimum absolute atomic E-state index is 0.138. The number of hydrogen-bond acceptors (Lipinski definition) is 4. The van der Waals surface area contributed by atoms with Gasteiger partial charge in [-0.05, 0) is 38.0 Å². The van der Waals surface area contributed by atoms with Gasteiger partial charge in [-0.25, -0.2) is 4.39 Å². The van der Waals surface area contributed by atoms with Gasteiger partial charge in [-0.3, -0.25) is 4.79 Å². The number of hydrogen-bond donors (Lipinski definition) is 2. The Morgan fingerprint density at radius 3 is 2.84 bits per heavy atom. The van der Waals surface area contributed by atoms with E-state index < -0.39 is 5.60 Å². The van der Waals surface area contributed by atoms with Gasteiger partial charge in [0.25, 0.3) is 5.91 Å². The van der Waals surface area contributed by atoms with Crippen LogP contribution in [0.4, 0.5) is 4.39 Å². The average Bonchev–Trinajstić information content (AvgIpc) is 2.99. The topological polar surface area (TPSA) is 65.7 Å². The molecule has 5 nitrogen and oxygen atoms in total. The van der Waals surface area contributed by atoms with Crippen LogP contribution in [0.15, 0.2) is 40.8 Å². The monoisotopic (exact) mass is 346 g/mol. The molecule has 0 spiro atoms. The molecule has 1 aromatic carbocycles. The van der Waals surface area contributed by atoms with Crippen LogP contribution in [-0.2, 0) is 17.9 Å². The number of halogens is 1. The fourth-order valence-electron chi connectivity index (χ4n) is 3.18. The van der Waals surface area contributed by atoms with Crippen LogP contribution in [0.1, 0.15) is 29.9 Å². The van der Waals surface area contributed by atoms with E-state index in [0.717, 1.165) is 11.5 Å². The second-order valence-electron chi connectivity index (χ2n) is 6.57. The van der Waals surface area contributed by atoms with Crippen molar-refractivity contribution in [1.82, 2.24) is 10.2 Å². The summed E-state index contributed by atoms with van der Waals surface area (Å²) in [6.07, 6.45) is 1.07. The summed E-state index contributed by atoms with van der Waals surface area (Å²) in [5.74, 6) is 0.883. The van der Waals surface area contributed by atoms with Crippen LogP contribution in [0, 0.1) is 12.7 Å². The standard InChI is InChI=1S/C19H23FN2O3/c1-14-7-8-16(25-14)11-21-13-19(24)9-4-10-22(18(19)23)12-15-5-2-3-6-17(15)20/h2-3,5-8,21,24H,4,9-13H2,1H3. The molecule has 1 aliphatic heterocycles. The number of amides is 1. The molecular formula is C19H23FN2O3. The van der Waals surface area contributed by atoms with E-state index in [2.05, 4.69) is 5.32 Å². The lowest BCUT2D eigenvalue weighted by Crippen LogP contribution is -2.57. The Labute approximate surface area is 146 Å². The highest BCUT2D eigenvalue weighted by atomic mass is 19.1. The first-order valence-corrected chi connectivity index (χ1v) is 8.49. The Hall–Kier alpha value is -2.18. The summed E-state index contributed by atoms with van der Waals surface area (Å²) in [5, 5.41) is 13.8. The highest BCUT2D eigenvalue weighted by Gasteiger charge is 2.41. The van der Waals surface area contributed by atoms with E-state index in [1.807, 2.05) is 19.1 Å². The summed E-state index contributed by atoms with van der Waals surface area (Å²) in [5.41, 5.74) is -1.01. The van der Waals surface area contributed by atoms with Crippen molar-refractivity contribution in [2.75, 3.05) is 13.1 Å². The number of nitrogens with one attached hydrogen (secondary N) is 1. The fraction of sp³-hybridized carbons (Fsp3) is 0.421. The number of furan rings is 1. The molecule has 134 valence electrons. The molecule has 1 amide bonds. The zero-order valence-electron chi connectivity index (χ0n) is 14.3. The Bertz CT molecular complexity index is 746. The molecule has 0 radical (unpaired) electrons. The fourth-order valence-corrected chi connectivity index (χ4v) is 3.18. The van der Waals surface area contributed by atoms with Crippen molar-refractivity contribution in [3.05, 3.63) is 59.3 Å². The number of aryl methyl sites for hydroxylation is 1. The van der Waals surface area contributed by atoms with E-state index in [1.165, 1.54) is 11.0 Å². The lowest BCUT2D eigenvalue weighted by molar-refractivity contribution is -0.157. The number of piperidine rings is 1. The van der Waals surface area contributed by atoms with Crippen molar-refractivity contribution >= 4 is 5.91 Å². The maximum Gasteiger partial charge on any atom is 0.256 e. The number of carbonyl (C=O) groups excluding carboxylic acids is 1. The first kappa shape index (κ1) is 17.6. The maximum atomic E-state index is 13.8. The van der Waals surface area contributed by atoms with Crippen molar-refractivity contribution in [2.24, 2.45) is 0 Å². The SMILES string of the molecule is Cc1ccc(CNCC2(O)CCCN(Cc3ccccc3F)C2=O)o1. The van der Waals surface area contributed by atoms with E-state index in [9.17, 15) is 14.3 Å². The zero-order valence-corrected chi connectivity index (χ0v) is 14.3. The summed E-state index contributed by atoms with van der Waals surface area (Å²) >= 11 is 0. The van der Waals surface area contributed by atoms with Gasteiger partial charge < -0.3 is 19.7 Å². The van der Waals surface area contributed by atoms with Crippen LogP contribution in [0.3, 0.4) is 0 Å². The second-order valence-corrected chi connectivity index (χ2v) is 6.57. The van der Waals surface area contributed by atoms with Gasteiger partial charge in [0.05, 0.1) is 6.54 Å². The van der Waals surface area contributed by atoms with Gasteiger partial charge in [-0.15, -0.1) is 0 Å². The molecule has 1 aliphatic rings. The average molecular weight is 346 g/mol. The summed E-state index contributed by atoms with van der Waals surface area (Å²) in [7, 11) is 0. The molecule has 0 bridgehead atoms. The van der Waals surface area contributed by atoms with Crippen molar-refractivity contribution in [3.63, 3.8) is 0 Å². The van der Waals surface area contributed by atoms with E-state index in [0.29, 0.717) is 31.5 Å². The van der Waals surface area contributed by atoms with Gasteiger partial charge in [-0.2, -0.15) is 0 Å². The Morgan fingerprint density at radius 2 is 2.12 bits per heavy atom. The number of benzene rings is 1. The third-order valence-electron chi connectivity index (χ3n) is 4.54. The van der Waals surface area contributed by atoms with Crippen LogP contribution >= 0.6 is 0 Å². The van der Waals surface area contributed by atoms with Gasteiger partial charge in [0.15, 0.2) is 5.60 Å². The highest BCUT2D eigenvalue weighted by Crippen LogP contribution is 2.24. The summed E-state index contributed by atoms with van der Waals surface area (Å²) < 4.78 is 19.3. The smallest absolute Gasteiger partial charge is 0.256 e. The molecule has 3 rings (SSSR count).